The van der Waals surface area contributed by atoms with Crippen LogP contribution in [0.5, 0.6) is 0 Å². The molecule has 1 aromatic carbocycles. The lowest BCUT2D eigenvalue weighted by molar-refractivity contribution is -0.143. The van der Waals surface area contributed by atoms with Gasteiger partial charge in [-0.3, -0.25) is 14.6 Å². The van der Waals surface area contributed by atoms with Gasteiger partial charge in [0.25, 0.3) is 11.8 Å². The van der Waals surface area contributed by atoms with Gasteiger partial charge in [0, 0.05) is 37.7 Å². The maximum Gasteiger partial charge on any atom is 0.416 e. The molecule has 1 aliphatic rings. The third-order valence-corrected chi connectivity index (χ3v) is 5.94. The Bertz CT molecular complexity index is 1320. The highest BCUT2D eigenvalue weighted by Crippen LogP contribution is 2.36. The average molecular weight is 540 g/mol. The van der Waals surface area contributed by atoms with E-state index in [1.54, 1.807) is 11.9 Å². The predicted molar refractivity (Wildman–Crippen MR) is 121 cm³/mol. The van der Waals surface area contributed by atoms with Gasteiger partial charge in [-0.05, 0) is 43.9 Å². The number of hydrogen-bond acceptors (Lipinski definition) is 5. The van der Waals surface area contributed by atoms with E-state index in [1.807, 2.05) is 0 Å². The van der Waals surface area contributed by atoms with Gasteiger partial charge in [0.15, 0.2) is 5.82 Å². The zero-order chi connectivity index (χ0) is 27.8. The van der Waals surface area contributed by atoms with Crippen molar-refractivity contribution in [3.63, 3.8) is 0 Å². The lowest BCUT2D eigenvalue weighted by Gasteiger charge is -2.18. The molecule has 4 rings (SSSR count). The molecule has 8 nitrogen and oxygen atoms in total. The first-order chi connectivity index (χ1) is 17.7. The Morgan fingerprint density at radius 2 is 1.63 bits per heavy atom. The molecular weight excluding hydrogens is 518 g/mol. The molecule has 0 radical (unpaired) electrons. The number of benzene rings is 1. The number of rotatable bonds is 7. The number of amides is 2. The first kappa shape index (κ1) is 27.1. The quantitative estimate of drug-likeness (QED) is 0.440. The molecule has 14 heteroatoms. The molecular formula is C24H22F6N6O2. The van der Waals surface area contributed by atoms with Crippen molar-refractivity contribution in [3.05, 3.63) is 70.9 Å². The van der Waals surface area contributed by atoms with E-state index >= 15 is 0 Å². The Morgan fingerprint density at radius 3 is 2.21 bits per heavy atom. The van der Waals surface area contributed by atoms with E-state index in [9.17, 15) is 35.9 Å². The first-order valence-corrected chi connectivity index (χ1v) is 11.5. The van der Waals surface area contributed by atoms with Crippen LogP contribution in [0.2, 0.25) is 0 Å². The fourth-order valence-corrected chi connectivity index (χ4v) is 3.80. The molecule has 1 unspecified atom stereocenters. The number of nitrogens with zero attached hydrogens (tertiary/aromatic N) is 5. The third-order valence-electron chi connectivity index (χ3n) is 5.94. The summed E-state index contributed by atoms with van der Waals surface area (Å²) in [6.07, 6.45) is -2.65. The maximum atomic E-state index is 13.2. The maximum absolute atomic E-state index is 13.2. The van der Waals surface area contributed by atoms with Gasteiger partial charge in [-0.2, -0.15) is 31.4 Å². The van der Waals surface area contributed by atoms with Gasteiger partial charge in [-0.1, -0.05) is 0 Å². The van der Waals surface area contributed by atoms with E-state index in [-0.39, 0.29) is 29.0 Å². The van der Waals surface area contributed by atoms with Crippen molar-refractivity contribution >= 4 is 11.8 Å². The van der Waals surface area contributed by atoms with Gasteiger partial charge in [-0.25, -0.2) is 9.67 Å². The predicted octanol–water partition coefficient (Wildman–Crippen LogP) is 4.67. The summed E-state index contributed by atoms with van der Waals surface area (Å²) in [6, 6.07) is -0.368. The fraction of sp³-hybridized carbons (Fsp3) is 0.375. The molecule has 0 spiro atoms. The van der Waals surface area contributed by atoms with Crippen molar-refractivity contribution < 1.29 is 35.9 Å². The highest BCUT2D eigenvalue weighted by atomic mass is 19.4. The van der Waals surface area contributed by atoms with Crippen LogP contribution in [0.4, 0.5) is 26.3 Å². The van der Waals surface area contributed by atoms with Gasteiger partial charge < -0.3 is 10.2 Å². The Balaban J connectivity index is 1.57. The monoisotopic (exact) mass is 540 g/mol. The molecule has 0 bridgehead atoms. The van der Waals surface area contributed by atoms with Crippen LogP contribution >= 0.6 is 0 Å². The minimum Gasteiger partial charge on any atom is -0.344 e. The molecule has 2 aromatic heterocycles. The molecule has 202 valence electrons. The van der Waals surface area contributed by atoms with Crippen LogP contribution in [0, 0.1) is 5.92 Å². The summed E-state index contributed by atoms with van der Waals surface area (Å²) in [5.74, 6) is -0.827. The van der Waals surface area contributed by atoms with E-state index in [2.05, 4.69) is 20.4 Å². The van der Waals surface area contributed by atoms with E-state index in [1.165, 1.54) is 36.4 Å². The van der Waals surface area contributed by atoms with Crippen LogP contribution in [0.25, 0.3) is 5.82 Å². The van der Waals surface area contributed by atoms with Crippen LogP contribution in [0.3, 0.4) is 0 Å². The first-order valence-electron chi connectivity index (χ1n) is 11.5. The number of carbonyl (C=O) groups excluding carboxylic acids is 2. The minimum absolute atomic E-state index is 0.0559. The van der Waals surface area contributed by atoms with Gasteiger partial charge in [-0.15, -0.1) is 0 Å². The van der Waals surface area contributed by atoms with Crippen LogP contribution in [-0.2, 0) is 12.4 Å². The number of carbonyl (C=O) groups is 2. The van der Waals surface area contributed by atoms with Crippen molar-refractivity contribution in [2.24, 2.45) is 5.92 Å². The molecule has 2 heterocycles. The molecule has 38 heavy (non-hydrogen) atoms. The summed E-state index contributed by atoms with van der Waals surface area (Å²) in [5, 5.41) is 6.51. The highest BCUT2D eigenvalue weighted by molar-refractivity contribution is 5.95. The van der Waals surface area contributed by atoms with Crippen molar-refractivity contribution in [2.45, 2.75) is 38.2 Å². The second-order valence-electron chi connectivity index (χ2n) is 9.06. The number of alkyl halides is 6. The zero-order valence-corrected chi connectivity index (χ0v) is 20.1. The van der Waals surface area contributed by atoms with Crippen molar-refractivity contribution in [1.82, 2.24) is 30.0 Å². The molecule has 1 atom stereocenters. The summed E-state index contributed by atoms with van der Waals surface area (Å²) in [4.78, 5) is 35.3. The van der Waals surface area contributed by atoms with Crippen molar-refractivity contribution in [2.75, 3.05) is 13.6 Å². The summed E-state index contributed by atoms with van der Waals surface area (Å²) in [6.45, 7) is 2.05. The number of hydrogen-bond donors (Lipinski definition) is 1. The standard InChI is InChI=1S/C24H22F6N6O2/c1-13(34-21(37)15-7-17(23(25,26)27)9-18(8-15)24(28,29)30)19-20(32-6-5-31-19)36-12-16(10-33-36)22(38)35(2)11-14-3-4-14/h5-10,12-14H,3-4,11H2,1-2H3,(H,34,37). The van der Waals surface area contributed by atoms with Gasteiger partial charge in [0.1, 0.15) is 5.69 Å². The topological polar surface area (TPSA) is 93.0 Å². The van der Waals surface area contributed by atoms with Crippen LogP contribution in [0.15, 0.2) is 43.0 Å². The largest absolute Gasteiger partial charge is 0.416 e. The van der Waals surface area contributed by atoms with E-state index in [0.29, 0.717) is 24.6 Å². The van der Waals surface area contributed by atoms with Gasteiger partial charge in [0.05, 0.1) is 28.9 Å². The summed E-state index contributed by atoms with van der Waals surface area (Å²) in [7, 11) is 1.68. The summed E-state index contributed by atoms with van der Waals surface area (Å²) in [5.41, 5.74) is -3.63. The third kappa shape index (κ3) is 6.11. The highest BCUT2D eigenvalue weighted by Gasteiger charge is 2.37. The zero-order valence-electron chi connectivity index (χ0n) is 20.1. The van der Waals surface area contributed by atoms with Crippen molar-refractivity contribution in [1.29, 1.82) is 0 Å². The lowest BCUT2D eigenvalue weighted by Crippen LogP contribution is -2.29. The summed E-state index contributed by atoms with van der Waals surface area (Å²) < 4.78 is 80.4. The Kier molecular flexibility index (Phi) is 7.17. The summed E-state index contributed by atoms with van der Waals surface area (Å²) >= 11 is 0. The van der Waals surface area contributed by atoms with Crippen LogP contribution < -0.4 is 5.32 Å². The smallest absolute Gasteiger partial charge is 0.344 e. The minimum atomic E-state index is -5.10. The molecule has 1 fully saturated rings. The number of nitrogens with one attached hydrogen (secondary N) is 1. The van der Waals surface area contributed by atoms with Crippen LogP contribution in [-0.4, -0.2) is 50.1 Å². The Labute approximate surface area is 212 Å². The van der Waals surface area contributed by atoms with Crippen LogP contribution in [0.1, 0.15) is 63.3 Å². The Morgan fingerprint density at radius 1 is 1.03 bits per heavy atom. The van der Waals surface area contributed by atoms with Gasteiger partial charge >= 0.3 is 12.4 Å². The average Bonchev–Trinajstić information content (AvgIpc) is 3.53. The lowest BCUT2D eigenvalue weighted by atomic mass is 10.0. The van der Waals surface area contributed by atoms with Crippen molar-refractivity contribution in [3.8, 4) is 5.82 Å². The molecule has 1 aliphatic carbocycles. The van der Waals surface area contributed by atoms with Gasteiger partial charge in [0.2, 0.25) is 0 Å². The SMILES string of the molecule is CC(NC(=O)c1cc(C(F)(F)F)cc(C(F)(F)F)c1)c1nccnc1-n1cc(C(=O)N(C)CC2CC2)cn1. The molecule has 1 N–H and O–H groups in total. The second-order valence-corrected chi connectivity index (χ2v) is 9.06. The van der Waals surface area contributed by atoms with E-state index in [0.717, 1.165) is 12.8 Å². The van der Waals surface area contributed by atoms with E-state index < -0.39 is 41.0 Å². The van der Waals surface area contributed by atoms with E-state index in [4.69, 9.17) is 0 Å². The number of halogens is 6. The number of aromatic nitrogens is 4. The molecule has 3 aromatic rings. The molecule has 0 saturated heterocycles. The molecule has 1 saturated carbocycles. The molecule has 2 amide bonds. The molecule has 0 aliphatic heterocycles. The normalized spacial score (nSPS) is 14.7. The Hall–Kier alpha value is -3.97. The fourth-order valence-electron chi connectivity index (χ4n) is 3.80. The second kappa shape index (κ2) is 10.1.